The molecule has 2 aliphatic rings. The van der Waals surface area contributed by atoms with Crippen molar-refractivity contribution in [3.63, 3.8) is 0 Å². The van der Waals surface area contributed by atoms with Crippen molar-refractivity contribution >= 4 is 11.8 Å². The number of nitrogens with zero attached hydrogens (tertiary/aromatic N) is 3. The highest BCUT2D eigenvalue weighted by molar-refractivity contribution is 5.96. The van der Waals surface area contributed by atoms with Gasteiger partial charge in [0.1, 0.15) is 0 Å². The normalized spacial score (nSPS) is 24.2. The van der Waals surface area contributed by atoms with Crippen LogP contribution in [0.1, 0.15) is 48.7 Å². The molecule has 0 radical (unpaired) electrons. The third kappa shape index (κ3) is 2.92. The first-order chi connectivity index (χ1) is 11.6. The Balaban J connectivity index is 1.73. The highest BCUT2D eigenvalue weighted by atomic mass is 16.3. The van der Waals surface area contributed by atoms with Crippen LogP contribution in [0.3, 0.4) is 0 Å². The molecular formula is C17H26N4O3. The van der Waals surface area contributed by atoms with Crippen LogP contribution in [0.15, 0.2) is 6.20 Å². The molecule has 2 fully saturated rings. The third-order valence-electron chi connectivity index (χ3n) is 5.28. The number of aromatic nitrogens is 2. The summed E-state index contributed by atoms with van der Waals surface area (Å²) < 4.78 is 0. The van der Waals surface area contributed by atoms with Gasteiger partial charge < -0.3 is 14.9 Å². The summed E-state index contributed by atoms with van der Waals surface area (Å²) in [7, 11) is 0. The number of hydrogen-bond acceptors (Lipinski definition) is 4. The Morgan fingerprint density at radius 1 is 1.42 bits per heavy atom. The molecule has 1 atom stereocenters. The first-order valence-electron chi connectivity index (χ1n) is 8.83. The lowest BCUT2D eigenvalue weighted by molar-refractivity contribution is -0.146. The summed E-state index contributed by atoms with van der Waals surface area (Å²) in [4.78, 5) is 29.2. The van der Waals surface area contributed by atoms with Gasteiger partial charge in [0.05, 0.1) is 23.8 Å². The second kappa shape index (κ2) is 6.93. The third-order valence-corrected chi connectivity index (χ3v) is 5.28. The number of hydrogen-bond donors (Lipinski definition) is 2. The second-order valence-corrected chi connectivity index (χ2v) is 6.89. The minimum absolute atomic E-state index is 0.0140. The van der Waals surface area contributed by atoms with Gasteiger partial charge in [-0.3, -0.25) is 14.7 Å². The zero-order valence-electron chi connectivity index (χ0n) is 14.3. The summed E-state index contributed by atoms with van der Waals surface area (Å²) in [5.74, 6) is 0.0650. The van der Waals surface area contributed by atoms with Crippen LogP contribution in [-0.2, 0) is 11.2 Å². The lowest BCUT2D eigenvalue weighted by Crippen LogP contribution is -2.51. The number of aliphatic hydroxyl groups excluding tert-OH is 1. The first kappa shape index (κ1) is 17.0. The van der Waals surface area contributed by atoms with Crippen molar-refractivity contribution in [2.24, 2.45) is 5.41 Å². The highest BCUT2D eigenvalue weighted by Gasteiger charge is 2.49. The molecule has 3 heterocycles. The second-order valence-electron chi connectivity index (χ2n) is 6.89. The SMILES string of the molecule is CCCc1[nH]ncc1C(=O)N1CC[C@]2(CCCN(CCO)C2=O)C1. The molecule has 1 aromatic rings. The fraction of sp³-hybridized carbons (Fsp3) is 0.706. The molecule has 132 valence electrons. The lowest BCUT2D eigenvalue weighted by atomic mass is 9.78. The number of rotatable bonds is 5. The Morgan fingerprint density at radius 2 is 2.25 bits per heavy atom. The van der Waals surface area contributed by atoms with Crippen molar-refractivity contribution < 1.29 is 14.7 Å². The quantitative estimate of drug-likeness (QED) is 0.834. The maximum Gasteiger partial charge on any atom is 0.257 e. The Bertz CT molecular complexity index is 613. The van der Waals surface area contributed by atoms with Gasteiger partial charge in [0.2, 0.25) is 5.91 Å². The predicted molar refractivity (Wildman–Crippen MR) is 88.4 cm³/mol. The zero-order chi connectivity index (χ0) is 17.2. The maximum atomic E-state index is 12.8. The number of H-pyrrole nitrogens is 1. The van der Waals surface area contributed by atoms with Gasteiger partial charge in [-0.1, -0.05) is 13.3 Å². The molecule has 7 nitrogen and oxygen atoms in total. The molecule has 0 saturated carbocycles. The molecule has 0 aromatic carbocycles. The summed E-state index contributed by atoms with van der Waals surface area (Å²) in [6.45, 7) is 4.22. The van der Waals surface area contributed by atoms with Gasteiger partial charge in [0, 0.05) is 31.9 Å². The minimum atomic E-state index is -0.461. The number of likely N-dealkylation sites (tertiary alicyclic amines) is 2. The molecule has 2 aliphatic heterocycles. The smallest absolute Gasteiger partial charge is 0.257 e. The zero-order valence-corrected chi connectivity index (χ0v) is 14.3. The van der Waals surface area contributed by atoms with Crippen LogP contribution in [0.4, 0.5) is 0 Å². The number of piperidine rings is 1. The van der Waals surface area contributed by atoms with E-state index in [4.69, 9.17) is 5.11 Å². The number of nitrogens with one attached hydrogen (secondary N) is 1. The fourth-order valence-corrected chi connectivity index (χ4v) is 4.02. The molecule has 0 aliphatic carbocycles. The Labute approximate surface area is 142 Å². The standard InChI is InChI=1S/C17H26N4O3/c1-2-4-14-13(11-18-19-14)15(23)21-8-6-17(12-21)5-3-7-20(9-10-22)16(17)24/h11,22H,2-10,12H2,1H3,(H,18,19)/t17-/m1/s1. The average molecular weight is 334 g/mol. The van der Waals surface area contributed by atoms with Gasteiger partial charge in [-0.2, -0.15) is 5.10 Å². The topological polar surface area (TPSA) is 89.5 Å². The van der Waals surface area contributed by atoms with Crippen LogP contribution in [0.25, 0.3) is 0 Å². The predicted octanol–water partition coefficient (Wildman–Crippen LogP) is 0.809. The number of aliphatic hydroxyl groups is 1. The van der Waals surface area contributed by atoms with Crippen molar-refractivity contribution in [2.75, 3.05) is 32.8 Å². The van der Waals surface area contributed by atoms with Crippen LogP contribution >= 0.6 is 0 Å². The number of carbonyl (C=O) groups excluding carboxylic acids is 2. The van der Waals surface area contributed by atoms with Crippen molar-refractivity contribution in [2.45, 2.75) is 39.0 Å². The Kier molecular flexibility index (Phi) is 4.89. The molecule has 1 aromatic heterocycles. The van der Waals surface area contributed by atoms with Crippen molar-refractivity contribution in [1.82, 2.24) is 20.0 Å². The number of amides is 2. The average Bonchev–Trinajstić information content (AvgIpc) is 3.20. The molecule has 7 heteroatoms. The van der Waals surface area contributed by atoms with E-state index in [0.29, 0.717) is 38.2 Å². The van der Waals surface area contributed by atoms with Crippen molar-refractivity contribution in [1.29, 1.82) is 0 Å². The van der Waals surface area contributed by atoms with Gasteiger partial charge in [-0.05, 0) is 25.7 Å². The van der Waals surface area contributed by atoms with Gasteiger partial charge in [-0.15, -0.1) is 0 Å². The van der Waals surface area contributed by atoms with Crippen LogP contribution in [-0.4, -0.2) is 69.7 Å². The molecule has 0 bridgehead atoms. The molecule has 2 saturated heterocycles. The van der Waals surface area contributed by atoms with E-state index in [1.165, 1.54) is 0 Å². The van der Waals surface area contributed by atoms with E-state index >= 15 is 0 Å². The van der Waals surface area contributed by atoms with Gasteiger partial charge in [0.25, 0.3) is 5.91 Å². The van der Waals surface area contributed by atoms with Gasteiger partial charge in [-0.25, -0.2) is 0 Å². The summed E-state index contributed by atoms with van der Waals surface area (Å²) in [6, 6.07) is 0. The van der Waals surface area contributed by atoms with E-state index in [1.54, 1.807) is 16.0 Å². The van der Waals surface area contributed by atoms with E-state index in [-0.39, 0.29) is 18.4 Å². The lowest BCUT2D eigenvalue weighted by Gasteiger charge is -2.39. The molecule has 3 rings (SSSR count). The van der Waals surface area contributed by atoms with Gasteiger partial charge >= 0.3 is 0 Å². The summed E-state index contributed by atoms with van der Waals surface area (Å²) >= 11 is 0. The van der Waals surface area contributed by atoms with Crippen molar-refractivity contribution in [3.8, 4) is 0 Å². The van der Waals surface area contributed by atoms with Crippen LogP contribution in [0.2, 0.25) is 0 Å². The molecule has 2 N–H and O–H groups in total. The molecule has 0 unspecified atom stereocenters. The molecule has 2 amide bonds. The van der Waals surface area contributed by atoms with Crippen LogP contribution < -0.4 is 0 Å². The minimum Gasteiger partial charge on any atom is -0.395 e. The first-order valence-corrected chi connectivity index (χ1v) is 8.83. The van der Waals surface area contributed by atoms with E-state index in [9.17, 15) is 9.59 Å². The monoisotopic (exact) mass is 334 g/mol. The summed E-state index contributed by atoms with van der Waals surface area (Å²) in [6.07, 6.45) is 5.80. The highest BCUT2D eigenvalue weighted by Crippen LogP contribution is 2.40. The van der Waals surface area contributed by atoms with E-state index in [1.807, 2.05) is 0 Å². The molecular weight excluding hydrogens is 308 g/mol. The van der Waals surface area contributed by atoms with E-state index in [0.717, 1.165) is 31.4 Å². The van der Waals surface area contributed by atoms with Crippen molar-refractivity contribution in [3.05, 3.63) is 17.5 Å². The number of carbonyl (C=O) groups is 2. The number of aryl methyl sites for hydroxylation is 1. The van der Waals surface area contributed by atoms with Gasteiger partial charge in [0.15, 0.2) is 0 Å². The Morgan fingerprint density at radius 3 is 3.00 bits per heavy atom. The van der Waals surface area contributed by atoms with Crippen LogP contribution in [0.5, 0.6) is 0 Å². The number of β-amino-alcohol motifs (C(OH)–C–C–N with tert-alkyl or cyclic N) is 1. The maximum absolute atomic E-state index is 12.8. The molecule has 24 heavy (non-hydrogen) atoms. The van der Waals surface area contributed by atoms with E-state index in [2.05, 4.69) is 17.1 Å². The largest absolute Gasteiger partial charge is 0.395 e. The summed E-state index contributed by atoms with van der Waals surface area (Å²) in [5, 5.41) is 16.1. The van der Waals surface area contributed by atoms with Crippen LogP contribution in [0, 0.1) is 5.41 Å². The number of aromatic amines is 1. The molecule has 1 spiro atoms. The van der Waals surface area contributed by atoms with E-state index < -0.39 is 5.41 Å². The summed E-state index contributed by atoms with van der Waals surface area (Å²) in [5.41, 5.74) is 1.04. The Hall–Kier alpha value is -1.89. The fourth-order valence-electron chi connectivity index (χ4n) is 4.02.